The molecule has 0 aliphatic carbocycles. The van der Waals surface area contributed by atoms with Crippen LogP contribution in [0.5, 0.6) is 11.5 Å². The summed E-state index contributed by atoms with van der Waals surface area (Å²) in [6, 6.07) is 3.51. The third-order valence-corrected chi connectivity index (χ3v) is 5.27. The number of carbonyl (C=O) groups excluding carboxylic acids is 3. The van der Waals surface area contributed by atoms with Crippen LogP contribution >= 0.6 is 0 Å². The molecule has 0 saturated carbocycles. The Labute approximate surface area is 212 Å². The molecule has 0 aliphatic rings. The molecule has 36 heavy (non-hydrogen) atoms. The highest BCUT2D eigenvalue weighted by atomic mass is 16.7. The minimum atomic E-state index is -1.12. The van der Waals surface area contributed by atoms with Crippen molar-refractivity contribution in [1.29, 1.82) is 0 Å². The molecule has 2 N–H and O–H groups in total. The molecule has 0 bridgehead atoms. The summed E-state index contributed by atoms with van der Waals surface area (Å²) in [4.78, 5) is 48.0. The summed E-state index contributed by atoms with van der Waals surface area (Å²) in [6.45, 7) is 13.8. The van der Waals surface area contributed by atoms with E-state index in [1.165, 1.54) is 12.1 Å². The first-order valence-electron chi connectivity index (χ1n) is 12.1. The number of carboxylic acid groups (broad SMARTS) is 1. The molecule has 0 heterocycles. The predicted octanol–water partition coefficient (Wildman–Crippen LogP) is 4.13. The smallest absolute Gasteiger partial charge is 0.480 e. The standard InChI is InChI=1S/C26H39NO9/c1-9-26(7,8)36-25(32)33-17(6)14-27-19(22(28)29)12-18-10-11-20(34-23(30)15(2)3)21(13-18)35-24(31)16(4)5/h10-11,13,15-17,19,27H,9,12,14H2,1-8H3,(H,28,29)/t17?,19-/m0/s1. The Balaban J connectivity index is 2.94. The van der Waals surface area contributed by atoms with E-state index in [9.17, 15) is 24.3 Å². The largest absolute Gasteiger partial charge is 0.509 e. The van der Waals surface area contributed by atoms with E-state index in [1.807, 2.05) is 6.92 Å². The molecule has 10 nitrogen and oxygen atoms in total. The number of ether oxygens (including phenoxy) is 4. The molecule has 202 valence electrons. The van der Waals surface area contributed by atoms with Crippen molar-refractivity contribution in [1.82, 2.24) is 5.32 Å². The van der Waals surface area contributed by atoms with Gasteiger partial charge in [0, 0.05) is 6.54 Å². The number of aliphatic carboxylic acids is 1. The third kappa shape index (κ3) is 10.6. The number of hydrogen-bond acceptors (Lipinski definition) is 9. The molecule has 0 spiro atoms. The van der Waals surface area contributed by atoms with Crippen molar-refractivity contribution in [3.8, 4) is 11.5 Å². The van der Waals surface area contributed by atoms with Crippen LogP contribution in [0.2, 0.25) is 0 Å². The number of carboxylic acids is 1. The van der Waals surface area contributed by atoms with Gasteiger partial charge in [0.15, 0.2) is 11.5 Å². The molecule has 1 rings (SSSR count). The van der Waals surface area contributed by atoms with E-state index in [4.69, 9.17) is 18.9 Å². The lowest BCUT2D eigenvalue weighted by Gasteiger charge is -2.24. The summed E-state index contributed by atoms with van der Waals surface area (Å²) in [7, 11) is 0. The molecule has 0 aromatic heterocycles. The van der Waals surface area contributed by atoms with Gasteiger partial charge in [0.25, 0.3) is 0 Å². The van der Waals surface area contributed by atoms with Gasteiger partial charge < -0.3 is 29.4 Å². The SMILES string of the molecule is CCC(C)(C)OC(=O)OC(C)CN[C@@H](Cc1ccc(OC(=O)C(C)C)c(OC(=O)C(C)C)c1)C(=O)O. The molecule has 0 fully saturated rings. The maximum absolute atomic E-state index is 12.2. The van der Waals surface area contributed by atoms with Crippen LogP contribution in [0.25, 0.3) is 0 Å². The molecule has 0 saturated heterocycles. The Morgan fingerprint density at radius 3 is 2.00 bits per heavy atom. The van der Waals surface area contributed by atoms with E-state index in [2.05, 4.69) is 5.32 Å². The van der Waals surface area contributed by atoms with Gasteiger partial charge in [0.05, 0.1) is 11.8 Å². The van der Waals surface area contributed by atoms with E-state index in [-0.39, 0.29) is 24.5 Å². The zero-order valence-electron chi connectivity index (χ0n) is 22.4. The molecule has 0 radical (unpaired) electrons. The van der Waals surface area contributed by atoms with Crippen LogP contribution in [-0.4, -0.2) is 53.5 Å². The van der Waals surface area contributed by atoms with Crippen LogP contribution in [0.1, 0.15) is 67.4 Å². The molecule has 0 amide bonds. The quantitative estimate of drug-likeness (QED) is 0.295. The maximum Gasteiger partial charge on any atom is 0.509 e. The molecule has 10 heteroatoms. The van der Waals surface area contributed by atoms with Gasteiger partial charge in [-0.1, -0.05) is 40.7 Å². The van der Waals surface area contributed by atoms with Gasteiger partial charge in [-0.05, 0) is 51.3 Å². The predicted molar refractivity (Wildman–Crippen MR) is 132 cm³/mol. The Morgan fingerprint density at radius 2 is 1.50 bits per heavy atom. The van der Waals surface area contributed by atoms with Crippen LogP contribution in [0, 0.1) is 11.8 Å². The summed E-state index contributed by atoms with van der Waals surface area (Å²) in [5.41, 5.74) is -0.135. The average molecular weight is 510 g/mol. The van der Waals surface area contributed by atoms with Crippen molar-refractivity contribution in [3.63, 3.8) is 0 Å². The first-order valence-corrected chi connectivity index (χ1v) is 12.1. The first kappa shape index (κ1) is 30.9. The zero-order chi connectivity index (χ0) is 27.6. The van der Waals surface area contributed by atoms with Crippen molar-refractivity contribution in [2.24, 2.45) is 11.8 Å². The minimum Gasteiger partial charge on any atom is -0.480 e. The van der Waals surface area contributed by atoms with E-state index >= 15 is 0 Å². The lowest BCUT2D eigenvalue weighted by Crippen LogP contribution is -2.43. The van der Waals surface area contributed by atoms with E-state index in [1.54, 1.807) is 54.5 Å². The topological polar surface area (TPSA) is 137 Å². The molecular formula is C26H39NO9. The molecule has 1 aromatic carbocycles. The average Bonchev–Trinajstić information content (AvgIpc) is 2.77. The minimum absolute atomic E-state index is 0.0278. The fourth-order valence-electron chi connectivity index (χ4n) is 2.61. The lowest BCUT2D eigenvalue weighted by molar-refractivity contribution is -0.140. The second kappa shape index (κ2) is 13.8. The van der Waals surface area contributed by atoms with E-state index in [0.717, 1.165) is 0 Å². The van der Waals surface area contributed by atoms with Crippen molar-refractivity contribution in [2.75, 3.05) is 6.54 Å². The van der Waals surface area contributed by atoms with Crippen LogP contribution in [0.3, 0.4) is 0 Å². The van der Waals surface area contributed by atoms with Crippen molar-refractivity contribution in [3.05, 3.63) is 23.8 Å². The van der Waals surface area contributed by atoms with Crippen LogP contribution in [0.4, 0.5) is 4.79 Å². The van der Waals surface area contributed by atoms with Crippen molar-refractivity contribution in [2.45, 2.75) is 86.0 Å². The second-order valence-electron chi connectivity index (χ2n) is 9.83. The number of rotatable bonds is 13. The van der Waals surface area contributed by atoms with E-state index < -0.39 is 53.6 Å². The Morgan fingerprint density at radius 1 is 0.944 bits per heavy atom. The Bertz CT molecular complexity index is 924. The summed E-state index contributed by atoms with van der Waals surface area (Å²) < 4.78 is 21.2. The monoisotopic (exact) mass is 509 g/mol. The summed E-state index contributed by atoms with van der Waals surface area (Å²) in [5.74, 6) is -2.85. The summed E-state index contributed by atoms with van der Waals surface area (Å²) >= 11 is 0. The van der Waals surface area contributed by atoms with Crippen LogP contribution in [-0.2, 0) is 30.3 Å². The van der Waals surface area contributed by atoms with Crippen LogP contribution < -0.4 is 14.8 Å². The number of esters is 2. The second-order valence-corrected chi connectivity index (χ2v) is 9.83. The van der Waals surface area contributed by atoms with E-state index in [0.29, 0.717) is 12.0 Å². The highest BCUT2D eigenvalue weighted by Crippen LogP contribution is 2.30. The Hall–Kier alpha value is -3.14. The zero-order valence-corrected chi connectivity index (χ0v) is 22.4. The summed E-state index contributed by atoms with van der Waals surface area (Å²) in [5, 5.41) is 12.6. The highest BCUT2D eigenvalue weighted by molar-refractivity contribution is 5.78. The van der Waals surface area contributed by atoms with Crippen molar-refractivity contribution >= 4 is 24.1 Å². The summed E-state index contributed by atoms with van der Waals surface area (Å²) in [6.07, 6.45) is -0.835. The molecule has 1 unspecified atom stereocenters. The molecule has 0 aliphatic heterocycles. The number of nitrogens with one attached hydrogen (secondary N) is 1. The van der Waals surface area contributed by atoms with Gasteiger partial charge in [-0.2, -0.15) is 0 Å². The number of benzene rings is 1. The molecule has 2 atom stereocenters. The third-order valence-electron chi connectivity index (χ3n) is 5.27. The fourth-order valence-corrected chi connectivity index (χ4v) is 2.61. The number of carbonyl (C=O) groups is 4. The van der Waals surface area contributed by atoms with Gasteiger partial charge >= 0.3 is 24.1 Å². The first-order chi connectivity index (χ1) is 16.6. The van der Waals surface area contributed by atoms with Gasteiger partial charge in [0.2, 0.25) is 0 Å². The van der Waals surface area contributed by atoms with Gasteiger partial charge in [-0.25, -0.2) is 4.79 Å². The normalized spacial score (nSPS) is 13.2. The van der Waals surface area contributed by atoms with Gasteiger partial charge in [-0.15, -0.1) is 0 Å². The Kier molecular flexibility index (Phi) is 11.9. The maximum atomic E-state index is 12.2. The molecule has 1 aromatic rings. The van der Waals surface area contributed by atoms with Gasteiger partial charge in [-0.3, -0.25) is 14.4 Å². The van der Waals surface area contributed by atoms with Gasteiger partial charge in [0.1, 0.15) is 17.7 Å². The number of hydrogen-bond donors (Lipinski definition) is 2. The fraction of sp³-hybridized carbons (Fsp3) is 0.615. The highest BCUT2D eigenvalue weighted by Gasteiger charge is 2.25. The lowest BCUT2D eigenvalue weighted by atomic mass is 10.0. The van der Waals surface area contributed by atoms with Crippen molar-refractivity contribution < 1.29 is 43.2 Å². The molecular weight excluding hydrogens is 470 g/mol. The van der Waals surface area contributed by atoms with Crippen LogP contribution in [0.15, 0.2) is 18.2 Å².